The molecule has 0 aliphatic heterocycles. The van der Waals surface area contributed by atoms with E-state index in [-0.39, 0.29) is 24.4 Å². The van der Waals surface area contributed by atoms with Crippen LogP contribution in [0.4, 0.5) is 5.69 Å². The number of rotatable bonds is 6. The maximum Gasteiger partial charge on any atom is 0.253 e. The Morgan fingerprint density at radius 1 is 0.929 bits per heavy atom. The molecule has 3 aromatic carbocycles. The van der Waals surface area contributed by atoms with Crippen LogP contribution in [0.5, 0.6) is 0 Å². The first-order chi connectivity index (χ1) is 13.4. The van der Waals surface area contributed by atoms with Gasteiger partial charge in [0.05, 0.1) is 12.6 Å². The van der Waals surface area contributed by atoms with E-state index >= 15 is 0 Å². The average molecular weight is 375 g/mol. The smallest absolute Gasteiger partial charge is 0.253 e. The highest BCUT2D eigenvalue weighted by atomic mass is 16.2. The summed E-state index contributed by atoms with van der Waals surface area (Å²) in [5.41, 5.74) is 2.38. The van der Waals surface area contributed by atoms with Gasteiger partial charge in [0.2, 0.25) is 5.91 Å². The van der Waals surface area contributed by atoms with E-state index in [1.54, 1.807) is 32.3 Å². The predicted molar refractivity (Wildman–Crippen MR) is 113 cm³/mol. The molecule has 5 heteroatoms. The Balaban J connectivity index is 1.59. The molecule has 3 aromatic rings. The molecule has 0 bridgehead atoms. The number of nitrogens with one attached hydrogen (secondary N) is 2. The van der Waals surface area contributed by atoms with Crippen molar-refractivity contribution >= 4 is 28.3 Å². The zero-order chi connectivity index (χ0) is 20.1. The highest BCUT2D eigenvalue weighted by molar-refractivity contribution is 5.95. The maximum absolute atomic E-state index is 12.3. The lowest BCUT2D eigenvalue weighted by Gasteiger charge is -2.16. The monoisotopic (exact) mass is 375 g/mol. The molecule has 0 saturated carbocycles. The van der Waals surface area contributed by atoms with Crippen LogP contribution in [0.3, 0.4) is 0 Å². The lowest BCUT2D eigenvalue weighted by Crippen LogP contribution is -2.32. The first-order valence-electron chi connectivity index (χ1n) is 9.27. The van der Waals surface area contributed by atoms with Crippen LogP contribution in [-0.2, 0) is 4.79 Å². The number of hydrogen-bond acceptors (Lipinski definition) is 3. The molecule has 5 nitrogen and oxygen atoms in total. The first-order valence-corrected chi connectivity index (χ1v) is 9.27. The number of carbonyl (C=O) groups excluding carboxylic acids is 2. The third-order valence-corrected chi connectivity index (χ3v) is 4.62. The van der Waals surface area contributed by atoms with Crippen molar-refractivity contribution in [3.63, 3.8) is 0 Å². The summed E-state index contributed by atoms with van der Waals surface area (Å²) in [5, 5.41) is 8.43. The summed E-state index contributed by atoms with van der Waals surface area (Å²) in [4.78, 5) is 25.9. The molecule has 2 N–H and O–H groups in total. The van der Waals surface area contributed by atoms with E-state index in [2.05, 4.69) is 34.9 Å². The summed E-state index contributed by atoms with van der Waals surface area (Å²) in [7, 11) is 3.42. The molecule has 28 heavy (non-hydrogen) atoms. The van der Waals surface area contributed by atoms with Crippen molar-refractivity contribution in [3.8, 4) is 0 Å². The second-order valence-electron chi connectivity index (χ2n) is 7.03. The summed E-state index contributed by atoms with van der Waals surface area (Å²) in [6.45, 7) is 2.11. The van der Waals surface area contributed by atoms with Crippen molar-refractivity contribution in [2.45, 2.75) is 13.0 Å². The van der Waals surface area contributed by atoms with Crippen LogP contribution in [0.25, 0.3) is 10.8 Å². The summed E-state index contributed by atoms with van der Waals surface area (Å²) >= 11 is 0. The molecule has 0 saturated heterocycles. The highest BCUT2D eigenvalue weighted by Crippen LogP contribution is 2.20. The molecular weight excluding hydrogens is 350 g/mol. The third kappa shape index (κ3) is 4.68. The number of carbonyl (C=O) groups is 2. The molecule has 0 fully saturated rings. The van der Waals surface area contributed by atoms with Gasteiger partial charge in [-0.2, -0.15) is 0 Å². The van der Waals surface area contributed by atoms with E-state index in [0.717, 1.165) is 16.6 Å². The number of fused-ring (bicyclic) bond motifs is 1. The largest absolute Gasteiger partial charge is 0.376 e. The fourth-order valence-corrected chi connectivity index (χ4v) is 3.06. The first kappa shape index (κ1) is 19.4. The molecule has 0 spiro atoms. The molecule has 144 valence electrons. The van der Waals surface area contributed by atoms with E-state index < -0.39 is 0 Å². The van der Waals surface area contributed by atoms with E-state index in [1.807, 2.05) is 31.2 Å². The van der Waals surface area contributed by atoms with Crippen molar-refractivity contribution in [1.29, 1.82) is 0 Å². The van der Waals surface area contributed by atoms with Gasteiger partial charge >= 0.3 is 0 Å². The van der Waals surface area contributed by atoms with Gasteiger partial charge in [0.25, 0.3) is 5.91 Å². The Morgan fingerprint density at radius 2 is 1.68 bits per heavy atom. The van der Waals surface area contributed by atoms with Gasteiger partial charge in [0.15, 0.2) is 0 Å². The van der Waals surface area contributed by atoms with Gasteiger partial charge in [-0.25, -0.2) is 0 Å². The Morgan fingerprint density at radius 3 is 2.43 bits per heavy atom. The van der Waals surface area contributed by atoms with Gasteiger partial charge in [-0.05, 0) is 47.5 Å². The number of anilines is 1. The molecule has 0 aromatic heterocycles. The normalized spacial score (nSPS) is 11.7. The zero-order valence-electron chi connectivity index (χ0n) is 16.4. The highest BCUT2D eigenvalue weighted by Gasteiger charge is 2.11. The van der Waals surface area contributed by atoms with Gasteiger partial charge in [-0.1, -0.05) is 42.5 Å². The zero-order valence-corrected chi connectivity index (χ0v) is 16.4. The van der Waals surface area contributed by atoms with Crippen LogP contribution < -0.4 is 10.6 Å². The minimum Gasteiger partial charge on any atom is -0.376 e. The topological polar surface area (TPSA) is 61.4 Å². The van der Waals surface area contributed by atoms with Gasteiger partial charge in [-0.15, -0.1) is 0 Å². The average Bonchev–Trinajstić information content (AvgIpc) is 2.71. The standard InChI is InChI=1S/C23H25N3O2/c1-16(18-12-11-17-7-4-5-8-19(17)13-18)25-22(27)15-24-21-10-6-9-20(14-21)23(28)26(2)3/h4-14,16,24H,15H2,1-3H3,(H,25,27)/t16-/m1/s1. The van der Waals surface area contributed by atoms with E-state index in [0.29, 0.717) is 5.56 Å². The number of hydrogen-bond donors (Lipinski definition) is 2. The Bertz CT molecular complexity index is 998. The second kappa shape index (κ2) is 8.57. The van der Waals surface area contributed by atoms with Gasteiger partial charge in [0, 0.05) is 25.3 Å². The minimum atomic E-state index is -0.106. The van der Waals surface area contributed by atoms with Crippen LogP contribution in [0.1, 0.15) is 28.9 Å². The predicted octanol–water partition coefficient (Wildman–Crippen LogP) is 3.83. The molecule has 2 amide bonds. The second-order valence-corrected chi connectivity index (χ2v) is 7.03. The van der Waals surface area contributed by atoms with Gasteiger partial charge < -0.3 is 15.5 Å². The van der Waals surface area contributed by atoms with Crippen LogP contribution in [0.2, 0.25) is 0 Å². The molecule has 0 radical (unpaired) electrons. The van der Waals surface area contributed by atoms with Crippen LogP contribution >= 0.6 is 0 Å². The number of amides is 2. The van der Waals surface area contributed by atoms with Gasteiger partial charge in [-0.3, -0.25) is 9.59 Å². The molecule has 3 rings (SSSR count). The molecule has 0 aliphatic rings. The van der Waals surface area contributed by atoms with Gasteiger partial charge in [0.1, 0.15) is 0 Å². The fourth-order valence-electron chi connectivity index (χ4n) is 3.06. The number of benzene rings is 3. The van der Waals surface area contributed by atoms with Crippen molar-refractivity contribution in [1.82, 2.24) is 10.2 Å². The van der Waals surface area contributed by atoms with Crippen LogP contribution in [0.15, 0.2) is 66.7 Å². The van der Waals surface area contributed by atoms with Crippen molar-refractivity contribution in [3.05, 3.63) is 77.9 Å². The quantitative estimate of drug-likeness (QED) is 0.688. The SMILES string of the molecule is C[C@@H](NC(=O)CNc1cccc(C(=O)N(C)C)c1)c1ccc2ccccc2c1. The van der Waals surface area contributed by atoms with E-state index in [9.17, 15) is 9.59 Å². The summed E-state index contributed by atoms with van der Waals surface area (Å²) in [5.74, 6) is -0.178. The summed E-state index contributed by atoms with van der Waals surface area (Å²) in [6.07, 6.45) is 0. The lowest BCUT2D eigenvalue weighted by atomic mass is 10.0. The Labute approximate surface area is 165 Å². The number of nitrogens with zero attached hydrogens (tertiary/aromatic N) is 1. The molecule has 1 atom stereocenters. The van der Waals surface area contributed by atoms with Crippen LogP contribution in [-0.4, -0.2) is 37.4 Å². The lowest BCUT2D eigenvalue weighted by molar-refractivity contribution is -0.120. The molecule has 0 aliphatic carbocycles. The Kier molecular flexibility index (Phi) is 5.94. The van der Waals surface area contributed by atoms with Crippen LogP contribution in [0, 0.1) is 0 Å². The van der Waals surface area contributed by atoms with E-state index in [1.165, 1.54) is 10.3 Å². The molecule has 0 heterocycles. The Hall–Kier alpha value is -3.34. The molecular formula is C23H25N3O2. The molecule has 0 unspecified atom stereocenters. The summed E-state index contributed by atoms with van der Waals surface area (Å²) in [6, 6.07) is 21.4. The third-order valence-electron chi connectivity index (χ3n) is 4.62. The van der Waals surface area contributed by atoms with Crippen molar-refractivity contribution < 1.29 is 9.59 Å². The minimum absolute atomic E-state index is 0.0713. The summed E-state index contributed by atoms with van der Waals surface area (Å²) < 4.78 is 0. The van der Waals surface area contributed by atoms with Crippen molar-refractivity contribution in [2.75, 3.05) is 26.0 Å². The van der Waals surface area contributed by atoms with E-state index in [4.69, 9.17) is 0 Å². The fraction of sp³-hybridized carbons (Fsp3) is 0.217. The maximum atomic E-state index is 12.3. The van der Waals surface area contributed by atoms with Crippen molar-refractivity contribution in [2.24, 2.45) is 0 Å².